The maximum atomic E-state index is 12.3. The van der Waals surface area contributed by atoms with Crippen LogP contribution in [-0.2, 0) is 6.18 Å². The number of imide groups is 1. The van der Waals surface area contributed by atoms with E-state index in [2.05, 4.69) is 15.3 Å². The second-order valence-electron chi connectivity index (χ2n) is 4.29. The minimum Gasteiger partial charge on any atom is -0.291 e. The van der Waals surface area contributed by atoms with Crippen LogP contribution in [0.5, 0.6) is 0 Å². The maximum Gasteiger partial charge on any atom is 0.434 e. The van der Waals surface area contributed by atoms with E-state index >= 15 is 0 Å². The molecule has 0 saturated carbocycles. The van der Waals surface area contributed by atoms with Gasteiger partial charge in [0.1, 0.15) is 0 Å². The fourth-order valence-electron chi connectivity index (χ4n) is 1.57. The van der Waals surface area contributed by atoms with E-state index in [-0.39, 0.29) is 21.4 Å². The third kappa shape index (κ3) is 4.33. The first-order chi connectivity index (χ1) is 11.2. The number of urea groups is 1. The van der Waals surface area contributed by atoms with Gasteiger partial charge in [-0.2, -0.15) is 13.2 Å². The van der Waals surface area contributed by atoms with Gasteiger partial charge in [0.05, 0.1) is 28.0 Å². The Labute approximate surface area is 143 Å². The molecule has 11 heteroatoms. The summed E-state index contributed by atoms with van der Waals surface area (Å²) in [6.45, 7) is 0. The van der Waals surface area contributed by atoms with Crippen molar-refractivity contribution in [3.05, 3.63) is 51.9 Å². The van der Waals surface area contributed by atoms with Crippen molar-refractivity contribution < 1.29 is 22.8 Å². The quantitative estimate of drug-likeness (QED) is 0.832. The molecule has 3 amide bonds. The summed E-state index contributed by atoms with van der Waals surface area (Å²) < 4.78 is 37.0. The number of nitrogens with one attached hydrogen (secondary N) is 2. The Balaban J connectivity index is 2.04. The summed E-state index contributed by atoms with van der Waals surface area (Å²) in [7, 11) is 0. The molecular formula is C13H7Cl2F3N4O2. The molecular weight excluding hydrogens is 372 g/mol. The lowest BCUT2D eigenvalue weighted by molar-refractivity contribution is -0.141. The number of nitrogens with zero attached hydrogens (tertiary/aromatic N) is 2. The van der Waals surface area contributed by atoms with Crippen molar-refractivity contribution in [1.29, 1.82) is 0 Å². The van der Waals surface area contributed by atoms with Gasteiger partial charge in [-0.3, -0.25) is 15.4 Å². The number of anilines is 1. The van der Waals surface area contributed by atoms with Gasteiger partial charge in [0.2, 0.25) is 0 Å². The number of aromatic nitrogens is 2. The van der Waals surface area contributed by atoms with Crippen LogP contribution < -0.4 is 10.6 Å². The molecule has 0 unspecified atom stereocenters. The van der Waals surface area contributed by atoms with Gasteiger partial charge in [0.25, 0.3) is 5.91 Å². The third-order valence-corrected chi connectivity index (χ3v) is 3.23. The topological polar surface area (TPSA) is 84.0 Å². The first-order valence-electron chi connectivity index (χ1n) is 6.14. The summed E-state index contributed by atoms with van der Waals surface area (Å²) in [6.07, 6.45) is -3.50. The Morgan fingerprint density at radius 1 is 1.04 bits per heavy atom. The molecule has 1 heterocycles. The zero-order valence-electron chi connectivity index (χ0n) is 11.5. The summed E-state index contributed by atoms with van der Waals surface area (Å²) in [6, 6.07) is 3.28. The summed E-state index contributed by atoms with van der Waals surface area (Å²) in [5.41, 5.74) is -1.33. The minimum atomic E-state index is -4.65. The van der Waals surface area contributed by atoms with Gasteiger partial charge in [-0.1, -0.05) is 29.3 Å². The van der Waals surface area contributed by atoms with Crippen LogP contribution >= 0.6 is 23.2 Å². The minimum absolute atomic E-state index is 0.0297. The fourth-order valence-corrected chi connectivity index (χ4v) is 2.14. The van der Waals surface area contributed by atoms with E-state index in [0.717, 1.165) is 0 Å². The molecule has 126 valence electrons. The number of benzene rings is 1. The second kappa shape index (κ2) is 7.02. The number of rotatable bonds is 2. The first-order valence-corrected chi connectivity index (χ1v) is 6.89. The average Bonchev–Trinajstić information content (AvgIpc) is 2.46. The Morgan fingerprint density at radius 2 is 1.67 bits per heavy atom. The van der Waals surface area contributed by atoms with Crippen LogP contribution in [0.15, 0.2) is 30.6 Å². The summed E-state index contributed by atoms with van der Waals surface area (Å²) >= 11 is 11.6. The number of carbonyl (C=O) groups is 2. The van der Waals surface area contributed by atoms with Gasteiger partial charge in [0.15, 0.2) is 11.5 Å². The molecule has 0 aliphatic heterocycles. The summed E-state index contributed by atoms with van der Waals surface area (Å²) in [5, 5.41) is 4.04. The molecule has 0 bridgehead atoms. The lowest BCUT2D eigenvalue weighted by atomic mass is 10.2. The SMILES string of the molecule is O=C(NC(=O)c1c(Cl)cccc1Cl)Nc1cnc(C(F)(F)F)cn1. The number of carbonyl (C=O) groups excluding carboxylic acids is 2. The monoisotopic (exact) mass is 378 g/mol. The van der Waals surface area contributed by atoms with E-state index in [0.29, 0.717) is 12.4 Å². The zero-order valence-corrected chi connectivity index (χ0v) is 13.0. The predicted octanol–water partition coefficient (Wildman–Crippen LogP) is 3.76. The standard InChI is InChI=1S/C13H7Cl2F3N4O2/c14-6-2-1-3-7(15)10(6)11(23)22-12(24)21-9-5-19-8(4-20-9)13(16,17)18/h1-5H,(H2,20,21,22,23,24). The highest BCUT2D eigenvalue weighted by molar-refractivity contribution is 6.40. The average molecular weight is 379 g/mol. The third-order valence-electron chi connectivity index (χ3n) is 2.60. The van der Waals surface area contributed by atoms with Crippen LogP contribution in [0, 0.1) is 0 Å². The summed E-state index contributed by atoms with van der Waals surface area (Å²) in [5.74, 6) is -1.17. The van der Waals surface area contributed by atoms with Crippen LogP contribution in [0.2, 0.25) is 10.0 Å². The zero-order chi connectivity index (χ0) is 17.9. The van der Waals surface area contributed by atoms with Gasteiger partial charge in [-0.05, 0) is 12.1 Å². The number of alkyl halides is 3. The number of hydrogen-bond acceptors (Lipinski definition) is 4. The van der Waals surface area contributed by atoms with Gasteiger partial charge in [-0.15, -0.1) is 0 Å². The predicted molar refractivity (Wildman–Crippen MR) is 80.0 cm³/mol. The van der Waals surface area contributed by atoms with E-state index in [1.54, 1.807) is 0 Å². The molecule has 1 aromatic heterocycles. The Morgan fingerprint density at radius 3 is 2.17 bits per heavy atom. The molecule has 0 fully saturated rings. The van der Waals surface area contributed by atoms with Crippen molar-refractivity contribution in [2.45, 2.75) is 6.18 Å². The van der Waals surface area contributed by atoms with Crippen LogP contribution in [0.4, 0.5) is 23.8 Å². The van der Waals surface area contributed by atoms with Gasteiger partial charge in [0, 0.05) is 0 Å². The molecule has 0 atom stereocenters. The smallest absolute Gasteiger partial charge is 0.291 e. The lowest BCUT2D eigenvalue weighted by Crippen LogP contribution is -2.35. The molecule has 2 N–H and O–H groups in total. The molecule has 2 rings (SSSR count). The Bertz CT molecular complexity index is 762. The largest absolute Gasteiger partial charge is 0.434 e. The van der Waals surface area contributed by atoms with E-state index in [9.17, 15) is 22.8 Å². The molecule has 6 nitrogen and oxygen atoms in total. The molecule has 0 aliphatic carbocycles. The number of hydrogen-bond donors (Lipinski definition) is 2. The van der Waals surface area contributed by atoms with E-state index in [4.69, 9.17) is 23.2 Å². The molecule has 1 aromatic carbocycles. The normalized spacial score (nSPS) is 11.0. The van der Waals surface area contributed by atoms with Crippen molar-refractivity contribution in [2.75, 3.05) is 5.32 Å². The van der Waals surface area contributed by atoms with Gasteiger partial charge < -0.3 is 0 Å². The molecule has 0 aliphatic rings. The van der Waals surface area contributed by atoms with Crippen molar-refractivity contribution in [3.63, 3.8) is 0 Å². The van der Waals surface area contributed by atoms with Crippen LogP contribution in [0.3, 0.4) is 0 Å². The van der Waals surface area contributed by atoms with Crippen molar-refractivity contribution >= 4 is 41.0 Å². The van der Waals surface area contributed by atoms with Crippen molar-refractivity contribution in [3.8, 4) is 0 Å². The van der Waals surface area contributed by atoms with Gasteiger partial charge >= 0.3 is 12.2 Å². The molecule has 0 saturated heterocycles. The Kier molecular flexibility index (Phi) is 5.25. The van der Waals surface area contributed by atoms with Crippen LogP contribution in [0.1, 0.15) is 16.1 Å². The molecule has 0 radical (unpaired) electrons. The lowest BCUT2D eigenvalue weighted by Gasteiger charge is -2.09. The fraction of sp³-hybridized carbons (Fsp3) is 0.0769. The number of halogens is 5. The first kappa shape index (κ1) is 18.0. The van der Waals surface area contributed by atoms with Crippen LogP contribution in [0.25, 0.3) is 0 Å². The van der Waals surface area contributed by atoms with Crippen molar-refractivity contribution in [1.82, 2.24) is 15.3 Å². The number of amides is 3. The highest BCUT2D eigenvalue weighted by atomic mass is 35.5. The molecule has 24 heavy (non-hydrogen) atoms. The highest BCUT2D eigenvalue weighted by Crippen LogP contribution is 2.27. The molecule has 2 aromatic rings. The molecule has 0 spiro atoms. The van der Waals surface area contributed by atoms with Crippen molar-refractivity contribution in [2.24, 2.45) is 0 Å². The highest BCUT2D eigenvalue weighted by Gasteiger charge is 2.32. The van der Waals surface area contributed by atoms with E-state index in [1.165, 1.54) is 18.2 Å². The second-order valence-corrected chi connectivity index (χ2v) is 5.10. The van der Waals surface area contributed by atoms with Crippen LogP contribution in [-0.4, -0.2) is 21.9 Å². The summed E-state index contributed by atoms with van der Waals surface area (Å²) in [4.78, 5) is 30.1. The Hall–Kier alpha value is -2.39. The van der Waals surface area contributed by atoms with E-state index < -0.39 is 23.8 Å². The van der Waals surface area contributed by atoms with E-state index in [1.807, 2.05) is 5.32 Å². The maximum absolute atomic E-state index is 12.3. The van der Waals surface area contributed by atoms with Gasteiger partial charge in [-0.25, -0.2) is 14.8 Å².